The van der Waals surface area contributed by atoms with E-state index in [2.05, 4.69) is 20.6 Å². The molecular formula is C14H16N4O. The first-order valence-corrected chi connectivity index (χ1v) is 6.16. The van der Waals surface area contributed by atoms with Crippen molar-refractivity contribution < 1.29 is 4.79 Å². The summed E-state index contributed by atoms with van der Waals surface area (Å²) in [6, 6.07) is 11.2. The van der Waals surface area contributed by atoms with Crippen LogP contribution in [0, 0.1) is 0 Å². The van der Waals surface area contributed by atoms with E-state index in [1.165, 1.54) is 0 Å². The number of carbonyl (C=O) groups excluding carboxylic acids is 1. The van der Waals surface area contributed by atoms with Gasteiger partial charge in [-0.1, -0.05) is 12.1 Å². The number of carbonyl (C=O) groups is 1. The molecule has 5 heteroatoms. The number of nitrogens with zero attached hydrogens (tertiary/aromatic N) is 2. The summed E-state index contributed by atoms with van der Waals surface area (Å²) in [6.45, 7) is 0.987. The molecule has 5 nitrogen and oxygen atoms in total. The Morgan fingerprint density at radius 1 is 0.947 bits per heavy atom. The Kier molecular flexibility index (Phi) is 4.87. The van der Waals surface area contributed by atoms with Crippen LogP contribution in [0.4, 0.5) is 4.79 Å². The molecule has 0 spiro atoms. The van der Waals surface area contributed by atoms with Gasteiger partial charge in [0.15, 0.2) is 0 Å². The van der Waals surface area contributed by atoms with E-state index in [-0.39, 0.29) is 6.03 Å². The zero-order valence-electron chi connectivity index (χ0n) is 10.5. The van der Waals surface area contributed by atoms with Crippen LogP contribution in [0.25, 0.3) is 0 Å². The van der Waals surface area contributed by atoms with Crippen LogP contribution < -0.4 is 10.6 Å². The summed E-state index contributed by atoms with van der Waals surface area (Å²) in [5, 5.41) is 5.54. The highest BCUT2D eigenvalue weighted by Crippen LogP contribution is 1.93. The zero-order chi connectivity index (χ0) is 13.3. The second kappa shape index (κ2) is 7.10. The molecule has 2 amide bonds. The monoisotopic (exact) mass is 256 g/mol. The highest BCUT2D eigenvalue weighted by Gasteiger charge is 2.00. The molecule has 0 bridgehead atoms. The normalized spacial score (nSPS) is 9.89. The third-order valence-electron chi connectivity index (χ3n) is 2.55. The molecule has 2 aromatic heterocycles. The third kappa shape index (κ3) is 4.75. The Bertz CT molecular complexity index is 501. The number of urea groups is 1. The smallest absolute Gasteiger partial charge is 0.315 e. The molecule has 0 aliphatic heterocycles. The van der Waals surface area contributed by atoms with Gasteiger partial charge in [-0.25, -0.2) is 4.79 Å². The molecular weight excluding hydrogens is 240 g/mol. The van der Waals surface area contributed by atoms with Gasteiger partial charge in [0.1, 0.15) is 0 Å². The fourth-order valence-electron chi connectivity index (χ4n) is 1.59. The van der Waals surface area contributed by atoms with Crippen molar-refractivity contribution in [1.82, 2.24) is 20.6 Å². The predicted molar refractivity (Wildman–Crippen MR) is 72.4 cm³/mol. The van der Waals surface area contributed by atoms with Crippen molar-refractivity contribution in [2.45, 2.75) is 13.0 Å². The van der Waals surface area contributed by atoms with Gasteiger partial charge in [-0.3, -0.25) is 9.97 Å². The van der Waals surface area contributed by atoms with Crippen molar-refractivity contribution >= 4 is 6.03 Å². The van der Waals surface area contributed by atoms with Crippen molar-refractivity contribution in [2.75, 3.05) is 6.54 Å². The van der Waals surface area contributed by atoms with Gasteiger partial charge in [-0.2, -0.15) is 0 Å². The molecule has 0 saturated carbocycles. The molecule has 0 aliphatic rings. The fraction of sp³-hybridized carbons (Fsp3) is 0.214. The third-order valence-corrected chi connectivity index (χ3v) is 2.55. The van der Waals surface area contributed by atoms with Crippen LogP contribution in [0.2, 0.25) is 0 Å². The first kappa shape index (κ1) is 13.0. The quantitative estimate of drug-likeness (QED) is 0.852. The molecule has 0 saturated heterocycles. The molecule has 0 fully saturated rings. The van der Waals surface area contributed by atoms with E-state index in [1.54, 1.807) is 12.4 Å². The minimum absolute atomic E-state index is 0.193. The Hall–Kier alpha value is -2.43. The molecule has 0 atom stereocenters. The number of pyridine rings is 2. The van der Waals surface area contributed by atoms with Gasteiger partial charge in [0, 0.05) is 31.1 Å². The van der Waals surface area contributed by atoms with Crippen molar-refractivity contribution in [3.63, 3.8) is 0 Å². The fourth-order valence-corrected chi connectivity index (χ4v) is 1.59. The van der Waals surface area contributed by atoms with Crippen molar-refractivity contribution in [1.29, 1.82) is 0 Å². The average Bonchev–Trinajstić information content (AvgIpc) is 2.47. The molecule has 2 aromatic rings. The van der Waals surface area contributed by atoms with E-state index in [0.717, 1.165) is 17.8 Å². The summed E-state index contributed by atoms with van der Waals surface area (Å²) in [7, 11) is 0. The minimum atomic E-state index is -0.193. The first-order chi connectivity index (χ1) is 9.34. The van der Waals surface area contributed by atoms with Crippen LogP contribution in [0.1, 0.15) is 11.4 Å². The summed E-state index contributed by atoms with van der Waals surface area (Å²) in [5.74, 6) is 0. The number of nitrogens with one attached hydrogen (secondary N) is 2. The van der Waals surface area contributed by atoms with Gasteiger partial charge in [0.25, 0.3) is 0 Å². The molecule has 0 aromatic carbocycles. The predicted octanol–water partition coefficient (Wildman–Crippen LogP) is 1.52. The maximum atomic E-state index is 11.5. The van der Waals surface area contributed by atoms with E-state index in [1.807, 2.05) is 36.4 Å². The first-order valence-electron chi connectivity index (χ1n) is 6.16. The molecule has 19 heavy (non-hydrogen) atoms. The van der Waals surface area contributed by atoms with E-state index in [0.29, 0.717) is 13.1 Å². The number of aromatic nitrogens is 2. The van der Waals surface area contributed by atoms with Crippen LogP contribution in [0.5, 0.6) is 0 Å². The highest BCUT2D eigenvalue weighted by molar-refractivity contribution is 5.73. The summed E-state index contributed by atoms with van der Waals surface area (Å²) in [5.41, 5.74) is 1.80. The van der Waals surface area contributed by atoms with Crippen LogP contribution in [0.3, 0.4) is 0 Å². The Balaban J connectivity index is 1.65. The van der Waals surface area contributed by atoms with Crippen LogP contribution in [-0.2, 0) is 13.0 Å². The standard InChI is InChI=1S/C14H16N4O/c19-14(18-11-13-6-2-4-9-16-13)17-10-7-12-5-1-3-8-15-12/h1-6,8-9H,7,10-11H2,(H2,17,18,19). The van der Waals surface area contributed by atoms with Gasteiger partial charge < -0.3 is 10.6 Å². The molecule has 0 radical (unpaired) electrons. The SMILES string of the molecule is O=C(NCCc1ccccn1)NCc1ccccn1. The molecule has 2 N–H and O–H groups in total. The molecule has 2 rings (SSSR count). The summed E-state index contributed by atoms with van der Waals surface area (Å²) < 4.78 is 0. The van der Waals surface area contributed by atoms with Gasteiger partial charge >= 0.3 is 6.03 Å². The van der Waals surface area contributed by atoms with E-state index in [4.69, 9.17) is 0 Å². The van der Waals surface area contributed by atoms with Crippen molar-refractivity contribution in [2.24, 2.45) is 0 Å². The van der Waals surface area contributed by atoms with Crippen LogP contribution in [-0.4, -0.2) is 22.5 Å². The lowest BCUT2D eigenvalue weighted by atomic mass is 10.3. The van der Waals surface area contributed by atoms with Crippen molar-refractivity contribution in [3.05, 3.63) is 60.2 Å². The highest BCUT2D eigenvalue weighted by atomic mass is 16.2. The number of hydrogen-bond acceptors (Lipinski definition) is 3. The Labute approximate surface area is 112 Å². The van der Waals surface area contributed by atoms with Gasteiger partial charge in [-0.05, 0) is 24.3 Å². The van der Waals surface area contributed by atoms with Crippen LogP contribution in [0.15, 0.2) is 48.8 Å². The largest absolute Gasteiger partial charge is 0.338 e. The van der Waals surface area contributed by atoms with E-state index >= 15 is 0 Å². The average molecular weight is 256 g/mol. The van der Waals surface area contributed by atoms with Gasteiger partial charge in [-0.15, -0.1) is 0 Å². The van der Waals surface area contributed by atoms with E-state index in [9.17, 15) is 4.79 Å². The second-order valence-electron chi connectivity index (χ2n) is 4.00. The van der Waals surface area contributed by atoms with Crippen molar-refractivity contribution in [3.8, 4) is 0 Å². The second-order valence-corrected chi connectivity index (χ2v) is 4.00. The van der Waals surface area contributed by atoms with E-state index < -0.39 is 0 Å². The summed E-state index contributed by atoms with van der Waals surface area (Å²) >= 11 is 0. The molecule has 0 aliphatic carbocycles. The zero-order valence-corrected chi connectivity index (χ0v) is 10.5. The molecule has 2 heterocycles. The topological polar surface area (TPSA) is 66.9 Å². The number of amides is 2. The lowest BCUT2D eigenvalue weighted by Crippen LogP contribution is -2.36. The minimum Gasteiger partial charge on any atom is -0.338 e. The van der Waals surface area contributed by atoms with Crippen LogP contribution >= 0.6 is 0 Å². The lowest BCUT2D eigenvalue weighted by Gasteiger charge is -2.06. The molecule has 0 unspecified atom stereocenters. The Morgan fingerprint density at radius 2 is 1.63 bits per heavy atom. The lowest BCUT2D eigenvalue weighted by molar-refractivity contribution is 0.240. The summed E-state index contributed by atoms with van der Waals surface area (Å²) in [4.78, 5) is 19.8. The summed E-state index contributed by atoms with van der Waals surface area (Å²) in [6.07, 6.45) is 4.17. The Morgan fingerprint density at radius 3 is 2.26 bits per heavy atom. The van der Waals surface area contributed by atoms with Gasteiger partial charge in [0.05, 0.1) is 12.2 Å². The maximum absolute atomic E-state index is 11.5. The maximum Gasteiger partial charge on any atom is 0.315 e. The number of rotatable bonds is 5. The molecule has 98 valence electrons. The van der Waals surface area contributed by atoms with Gasteiger partial charge in [0.2, 0.25) is 0 Å². The number of hydrogen-bond donors (Lipinski definition) is 2.